The number of esters is 1. The summed E-state index contributed by atoms with van der Waals surface area (Å²) in [5, 5.41) is 6.70. The van der Waals surface area contributed by atoms with E-state index in [4.69, 9.17) is 18.7 Å². The minimum absolute atomic E-state index is 0.141. The second-order valence-electron chi connectivity index (χ2n) is 5.97. The van der Waals surface area contributed by atoms with E-state index in [0.29, 0.717) is 23.0 Å². The summed E-state index contributed by atoms with van der Waals surface area (Å²) < 4.78 is 20.7. The molecule has 0 radical (unpaired) electrons. The van der Waals surface area contributed by atoms with Gasteiger partial charge in [0.2, 0.25) is 6.79 Å². The van der Waals surface area contributed by atoms with Crippen molar-refractivity contribution in [1.29, 1.82) is 0 Å². The predicted octanol–water partition coefficient (Wildman–Crippen LogP) is 2.79. The number of fused-ring (bicyclic) bond motifs is 1. The van der Waals surface area contributed by atoms with E-state index in [9.17, 15) is 9.59 Å². The number of ether oxygens (including phenoxy) is 3. The number of hydrogen-bond acceptors (Lipinski definition) is 7. The van der Waals surface area contributed by atoms with Crippen molar-refractivity contribution >= 4 is 11.9 Å². The highest BCUT2D eigenvalue weighted by Crippen LogP contribution is 2.36. The first-order valence-electron chi connectivity index (χ1n) is 8.47. The van der Waals surface area contributed by atoms with Gasteiger partial charge in [-0.2, -0.15) is 0 Å². The Balaban J connectivity index is 1.45. The maximum Gasteiger partial charge on any atom is 0.338 e. The molecule has 0 spiro atoms. The molecule has 4 rings (SSSR count). The Hall–Kier alpha value is -3.81. The van der Waals surface area contributed by atoms with Gasteiger partial charge in [0.25, 0.3) is 5.91 Å². The molecule has 0 fully saturated rings. The van der Waals surface area contributed by atoms with Gasteiger partial charge in [-0.15, -0.1) is 0 Å². The number of carbonyl (C=O) groups excluding carboxylic acids is 2. The Kier molecular flexibility index (Phi) is 4.67. The van der Waals surface area contributed by atoms with Crippen LogP contribution in [0.5, 0.6) is 11.5 Å². The van der Waals surface area contributed by atoms with Crippen LogP contribution in [0.2, 0.25) is 0 Å². The first-order valence-corrected chi connectivity index (χ1v) is 8.47. The number of amides is 1. The van der Waals surface area contributed by atoms with Gasteiger partial charge in [0, 0.05) is 11.6 Å². The fourth-order valence-electron chi connectivity index (χ4n) is 2.82. The van der Waals surface area contributed by atoms with Gasteiger partial charge in [0.05, 0.1) is 24.8 Å². The molecule has 1 aliphatic rings. The molecule has 0 aliphatic carbocycles. The summed E-state index contributed by atoms with van der Waals surface area (Å²) in [6.07, 6.45) is 0. The molecule has 0 unspecified atom stereocenters. The van der Waals surface area contributed by atoms with Crippen molar-refractivity contribution in [1.82, 2.24) is 10.5 Å². The zero-order chi connectivity index (χ0) is 19.5. The third-order valence-corrected chi connectivity index (χ3v) is 4.22. The van der Waals surface area contributed by atoms with Crippen molar-refractivity contribution in [3.05, 3.63) is 65.4 Å². The molecule has 2 heterocycles. The Morgan fingerprint density at radius 1 is 1.07 bits per heavy atom. The molecule has 0 saturated heterocycles. The van der Waals surface area contributed by atoms with Gasteiger partial charge in [-0.05, 0) is 30.3 Å². The van der Waals surface area contributed by atoms with Crippen molar-refractivity contribution in [3.8, 4) is 22.8 Å². The van der Waals surface area contributed by atoms with E-state index in [1.165, 1.54) is 13.2 Å². The smallest absolute Gasteiger partial charge is 0.338 e. The quantitative estimate of drug-likeness (QED) is 0.679. The third-order valence-electron chi connectivity index (χ3n) is 4.22. The van der Waals surface area contributed by atoms with Crippen molar-refractivity contribution in [3.63, 3.8) is 0 Å². The molecule has 3 aromatic rings. The van der Waals surface area contributed by atoms with Crippen molar-refractivity contribution in [2.45, 2.75) is 6.54 Å². The first kappa shape index (κ1) is 17.6. The minimum Gasteiger partial charge on any atom is -0.465 e. The highest BCUT2D eigenvalue weighted by Gasteiger charge is 2.18. The van der Waals surface area contributed by atoms with Crippen LogP contribution in [0, 0.1) is 0 Å². The maximum atomic E-state index is 12.5. The second kappa shape index (κ2) is 7.43. The van der Waals surface area contributed by atoms with E-state index in [1.807, 2.05) is 6.07 Å². The lowest BCUT2D eigenvalue weighted by Crippen LogP contribution is -2.25. The summed E-state index contributed by atoms with van der Waals surface area (Å²) in [4.78, 5) is 24.3. The summed E-state index contributed by atoms with van der Waals surface area (Å²) >= 11 is 0. The van der Waals surface area contributed by atoms with E-state index in [1.54, 1.807) is 36.4 Å². The molecule has 1 aromatic heterocycles. The zero-order valence-electron chi connectivity index (χ0n) is 14.9. The standard InChI is InChI=1S/C20H16N2O6/c1-25-20(24)15-5-3-2-4-14(15)19(23)21-10-13-9-17(28-22-13)12-6-7-16-18(8-12)27-11-26-16/h2-9H,10-11H2,1H3,(H,21,23). The summed E-state index contributed by atoms with van der Waals surface area (Å²) in [5.41, 5.74) is 1.75. The molecular formula is C20H16N2O6. The molecule has 8 heteroatoms. The first-order chi connectivity index (χ1) is 13.7. The molecule has 1 N–H and O–H groups in total. The van der Waals surface area contributed by atoms with Gasteiger partial charge in [0.1, 0.15) is 5.69 Å². The fourth-order valence-corrected chi connectivity index (χ4v) is 2.82. The van der Waals surface area contributed by atoms with Crippen LogP contribution in [0.1, 0.15) is 26.4 Å². The van der Waals surface area contributed by atoms with E-state index in [2.05, 4.69) is 10.5 Å². The average molecular weight is 380 g/mol. The Morgan fingerprint density at radius 3 is 2.68 bits per heavy atom. The van der Waals surface area contributed by atoms with Gasteiger partial charge < -0.3 is 24.1 Å². The van der Waals surface area contributed by atoms with Crippen LogP contribution in [0.4, 0.5) is 0 Å². The minimum atomic E-state index is -0.572. The van der Waals surface area contributed by atoms with E-state index in [0.717, 1.165) is 5.56 Å². The topological polar surface area (TPSA) is 99.9 Å². The number of methoxy groups -OCH3 is 1. The lowest BCUT2D eigenvalue weighted by molar-refractivity contribution is 0.0596. The lowest BCUT2D eigenvalue weighted by Gasteiger charge is -2.07. The van der Waals surface area contributed by atoms with Crippen LogP contribution in [0.3, 0.4) is 0 Å². The van der Waals surface area contributed by atoms with E-state index in [-0.39, 0.29) is 24.5 Å². The zero-order valence-corrected chi connectivity index (χ0v) is 14.9. The molecule has 28 heavy (non-hydrogen) atoms. The Morgan fingerprint density at radius 2 is 1.86 bits per heavy atom. The second-order valence-corrected chi connectivity index (χ2v) is 5.97. The number of aromatic nitrogens is 1. The van der Waals surface area contributed by atoms with Crippen LogP contribution < -0.4 is 14.8 Å². The van der Waals surface area contributed by atoms with Crippen LogP contribution in [0.15, 0.2) is 53.1 Å². The average Bonchev–Trinajstić information content (AvgIpc) is 3.40. The highest BCUT2D eigenvalue weighted by atomic mass is 16.7. The summed E-state index contributed by atoms with van der Waals surface area (Å²) in [6, 6.07) is 13.6. The lowest BCUT2D eigenvalue weighted by atomic mass is 10.1. The molecule has 142 valence electrons. The highest BCUT2D eigenvalue weighted by molar-refractivity contribution is 6.05. The van der Waals surface area contributed by atoms with E-state index < -0.39 is 11.9 Å². The molecule has 2 aromatic carbocycles. The predicted molar refractivity (Wildman–Crippen MR) is 97.0 cm³/mol. The maximum absolute atomic E-state index is 12.5. The number of carbonyl (C=O) groups is 2. The fraction of sp³-hybridized carbons (Fsp3) is 0.150. The van der Waals surface area contributed by atoms with Crippen LogP contribution in [0.25, 0.3) is 11.3 Å². The molecule has 8 nitrogen and oxygen atoms in total. The van der Waals surface area contributed by atoms with Crippen molar-refractivity contribution in [2.75, 3.05) is 13.9 Å². The molecule has 1 amide bonds. The van der Waals surface area contributed by atoms with Crippen LogP contribution in [-0.4, -0.2) is 30.9 Å². The number of nitrogens with zero attached hydrogens (tertiary/aromatic N) is 1. The van der Waals surface area contributed by atoms with E-state index >= 15 is 0 Å². The molecule has 1 aliphatic heterocycles. The normalized spacial score (nSPS) is 11.9. The van der Waals surface area contributed by atoms with Gasteiger partial charge >= 0.3 is 5.97 Å². The summed E-state index contributed by atoms with van der Waals surface area (Å²) in [7, 11) is 1.27. The third kappa shape index (κ3) is 3.39. The number of rotatable bonds is 5. The number of hydrogen-bond donors (Lipinski definition) is 1. The number of benzene rings is 2. The molecule has 0 saturated carbocycles. The monoisotopic (exact) mass is 380 g/mol. The largest absolute Gasteiger partial charge is 0.465 e. The summed E-state index contributed by atoms with van der Waals surface area (Å²) in [6.45, 7) is 0.335. The van der Waals surface area contributed by atoms with Gasteiger partial charge in [-0.1, -0.05) is 17.3 Å². The van der Waals surface area contributed by atoms with Crippen molar-refractivity contribution in [2.24, 2.45) is 0 Å². The number of nitrogens with one attached hydrogen (secondary N) is 1. The molecule has 0 atom stereocenters. The Labute approximate surface area is 160 Å². The van der Waals surface area contributed by atoms with Crippen LogP contribution >= 0.6 is 0 Å². The molecular weight excluding hydrogens is 364 g/mol. The van der Waals surface area contributed by atoms with Gasteiger partial charge in [-0.25, -0.2) is 4.79 Å². The van der Waals surface area contributed by atoms with Crippen LogP contribution in [-0.2, 0) is 11.3 Å². The Bertz CT molecular complexity index is 1040. The van der Waals surface area contributed by atoms with Crippen molar-refractivity contribution < 1.29 is 28.3 Å². The summed E-state index contributed by atoms with van der Waals surface area (Å²) in [5.74, 6) is 0.881. The SMILES string of the molecule is COC(=O)c1ccccc1C(=O)NCc1cc(-c2ccc3c(c2)OCO3)on1. The van der Waals surface area contributed by atoms with Gasteiger partial charge in [0.15, 0.2) is 17.3 Å². The molecule has 0 bridgehead atoms. The van der Waals surface area contributed by atoms with Gasteiger partial charge in [-0.3, -0.25) is 4.79 Å².